The average Bonchev–Trinajstić information content (AvgIpc) is 2.12. The van der Waals surface area contributed by atoms with Crippen LogP contribution in [0.15, 0.2) is 5.51 Å². The Hall–Kier alpha value is -0.770. The molecule has 0 aliphatic rings. The zero-order valence-corrected chi connectivity index (χ0v) is 5.10. The van der Waals surface area contributed by atoms with Crippen molar-refractivity contribution in [2.24, 2.45) is 0 Å². The molecule has 0 atom stereocenters. The molecule has 0 aliphatic carbocycles. The summed E-state index contributed by atoms with van der Waals surface area (Å²) in [4.78, 5) is 14.1. The molecule has 0 saturated heterocycles. The maximum Gasteiger partial charge on any atom is 0.208 e. The van der Waals surface area contributed by atoms with Gasteiger partial charge in [0, 0.05) is 6.92 Å². The average molecular weight is 128 g/mol. The van der Waals surface area contributed by atoms with Gasteiger partial charge in [-0.2, -0.15) is 4.37 Å². The minimum Gasteiger partial charge on any atom is -0.291 e. The number of carbonyl (C=O) groups excluding carboxylic acids is 1. The molecule has 42 valence electrons. The molecule has 0 unspecified atom stereocenters. The Bertz CT molecular complexity index is 182. The van der Waals surface area contributed by atoms with Crippen molar-refractivity contribution in [1.82, 2.24) is 9.36 Å². The van der Waals surface area contributed by atoms with Crippen LogP contribution in [0.2, 0.25) is 0 Å². The predicted molar refractivity (Wildman–Crippen MR) is 29.9 cm³/mol. The lowest BCUT2D eigenvalue weighted by atomic mass is 10.4. The van der Waals surface area contributed by atoms with Crippen molar-refractivity contribution in [1.29, 1.82) is 0 Å². The molecule has 0 spiro atoms. The number of carbonyl (C=O) groups is 1. The van der Waals surface area contributed by atoms with E-state index in [4.69, 9.17) is 0 Å². The zero-order valence-electron chi connectivity index (χ0n) is 4.29. The van der Waals surface area contributed by atoms with Gasteiger partial charge in [-0.25, -0.2) is 4.98 Å². The van der Waals surface area contributed by atoms with E-state index in [-0.39, 0.29) is 5.78 Å². The lowest BCUT2D eigenvalue weighted by Crippen LogP contribution is -1.92. The molecule has 4 heteroatoms. The molecule has 0 N–H and O–H groups in total. The van der Waals surface area contributed by atoms with Crippen molar-refractivity contribution in [3.63, 3.8) is 0 Å². The highest BCUT2D eigenvalue weighted by Gasteiger charge is 1.99. The van der Waals surface area contributed by atoms with Crippen LogP contribution in [-0.2, 0) is 0 Å². The minimum absolute atomic E-state index is 0.0775. The SMILES string of the molecule is CC(=O)c1ncsn1. The van der Waals surface area contributed by atoms with E-state index < -0.39 is 0 Å². The first kappa shape index (κ1) is 5.37. The van der Waals surface area contributed by atoms with Crippen LogP contribution in [0.25, 0.3) is 0 Å². The van der Waals surface area contributed by atoms with Crippen molar-refractivity contribution >= 4 is 17.3 Å². The Morgan fingerprint density at radius 2 is 2.62 bits per heavy atom. The van der Waals surface area contributed by atoms with Gasteiger partial charge in [0.1, 0.15) is 5.51 Å². The zero-order chi connectivity index (χ0) is 5.98. The van der Waals surface area contributed by atoms with Crippen LogP contribution in [0.5, 0.6) is 0 Å². The van der Waals surface area contributed by atoms with Crippen molar-refractivity contribution < 1.29 is 4.79 Å². The summed E-state index contributed by atoms with van der Waals surface area (Å²) in [5.41, 5.74) is 1.54. The molecule has 1 aromatic heterocycles. The van der Waals surface area contributed by atoms with Crippen molar-refractivity contribution in [3.05, 3.63) is 11.3 Å². The molecule has 0 aliphatic heterocycles. The third-order valence-electron chi connectivity index (χ3n) is 0.676. The summed E-state index contributed by atoms with van der Waals surface area (Å²) in [6.45, 7) is 1.45. The Kier molecular flexibility index (Phi) is 1.34. The molecular formula is C4H4N2OS. The van der Waals surface area contributed by atoms with Crippen LogP contribution < -0.4 is 0 Å². The third-order valence-corrected chi connectivity index (χ3v) is 1.15. The molecule has 0 bridgehead atoms. The molecule has 0 fully saturated rings. The summed E-state index contributed by atoms with van der Waals surface area (Å²) in [6.07, 6.45) is 0. The minimum atomic E-state index is -0.0775. The van der Waals surface area contributed by atoms with E-state index in [1.54, 1.807) is 0 Å². The van der Waals surface area contributed by atoms with Gasteiger partial charge in [-0.05, 0) is 11.5 Å². The molecule has 1 rings (SSSR count). The molecule has 1 heterocycles. The number of hydrogen-bond acceptors (Lipinski definition) is 4. The van der Waals surface area contributed by atoms with Gasteiger partial charge in [-0.1, -0.05) is 0 Å². The summed E-state index contributed by atoms with van der Waals surface area (Å²) in [7, 11) is 0. The van der Waals surface area contributed by atoms with Gasteiger partial charge in [0.05, 0.1) is 0 Å². The summed E-state index contributed by atoms with van der Waals surface area (Å²) in [5.74, 6) is 0.237. The van der Waals surface area contributed by atoms with Gasteiger partial charge in [-0.15, -0.1) is 0 Å². The second kappa shape index (κ2) is 2.00. The highest BCUT2D eigenvalue weighted by molar-refractivity contribution is 7.03. The Balaban J connectivity index is 2.93. The third kappa shape index (κ3) is 0.894. The van der Waals surface area contributed by atoms with E-state index in [2.05, 4.69) is 9.36 Å². The lowest BCUT2D eigenvalue weighted by molar-refractivity contribution is 0.100. The monoisotopic (exact) mass is 128 g/mol. The van der Waals surface area contributed by atoms with Crippen LogP contribution in [0, 0.1) is 0 Å². The molecule has 0 saturated carbocycles. The van der Waals surface area contributed by atoms with Gasteiger partial charge in [-0.3, -0.25) is 4.79 Å². The number of Topliss-reactive ketones (excluding diaryl/α,β-unsaturated/α-hetero) is 1. The number of nitrogens with zero attached hydrogens (tertiary/aromatic N) is 2. The molecule has 0 aromatic carbocycles. The van der Waals surface area contributed by atoms with Gasteiger partial charge in [0.25, 0.3) is 0 Å². The number of ketones is 1. The summed E-state index contributed by atoms with van der Waals surface area (Å²) in [5, 5.41) is 0. The van der Waals surface area contributed by atoms with E-state index in [0.29, 0.717) is 5.82 Å². The predicted octanol–water partition coefficient (Wildman–Crippen LogP) is 0.741. The second-order valence-electron chi connectivity index (χ2n) is 1.31. The Morgan fingerprint density at radius 3 is 2.88 bits per heavy atom. The first-order valence-corrected chi connectivity index (χ1v) is 2.91. The molecule has 1 aromatic rings. The van der Waals surface area contributed by atoms with Crippen LogP contribution in [0.3, 0.4) is 0 Å². The second-order valence-corrected chi connectivity index (χ2v) is 1.92. The highest BCUT2D eigenvalue weighted by Crippen LogP contribution is 1.92. The van der Waals surface area contributed by atoms with Crippen molar-refractivity contribution in [2.75, 3.05) is 0 Å². The van der Waals surface area contributed by atoms with E-state index in [1.807, 2.05) is 0 Å². The smallest absolute Gasteiger partial charge is 0.208 e. The number of rotatable bonds is 1. The highest BCUT2D eigenvalue weighted by atomic mass is 32.1. The van der Waals surface area contributed by atoms with E-state index in [0.717, 1.165) is 0 Å². The molecular weight excluding hydrogens is 124 g/mol. The van der Waals surface area contributed by atoms with Crippen LogP contribution in [0.4, 0.5) is 0 Å². The Labute approximate surface area is 50.5 Å². The Morgan fingerprint density at radius 1 is 1.88 bits per heavy atom. The van der Waals surface area contributed by atoms with Crippen molar-refractivity contribution in [3.8, 4) is 0 Å². The fourth-order valence-electron chi connectivity index (χ4n) is 0.326. The molecule has 3 nitrogen and oxygen atoms in total. The lowest BCUT2D eigenvalue weighted by Gasteiger charge is -1.76. The fourth-order valence-corrected chi connectivity index (χ4v) is 0.795. The fraction of sp³-hybridized carbons (Fsp3) is 0.250. The molecule has 0 amide bonds. The van der Waals surface area contributed by atoms with E-state index in [9.17, 15) is 4.79 Å². The molecule has 8 heavy (non-hydrogen) atoms. The summed E-state index contributed by atoms with van der Waals surface area (Å²) >= 11 is 1.19. The van der Waals surface area contributed by atoms with Crippen LogP contribution in [-0.4, -0.2) is 15.1 Å². The largest absolute Gasteiger partial charge is 0.291 e. The first-order valence-electron chi connectivity index (χ1n) is 2.08. The van der Waals surface area contributed by atoms with Gasteiger partial charge < -0.3 is 0 Å². The van der Waals surface area contributed by atoms with Gasteiger partial charge >= 0.3 is 0 Å². The standard InChI is InChI=1S/C4H4N2OS/c1-3(7)4-5-2-8-6-4/h2H,1H3. The van der Waals surface area contributed by atoms with E-state index in [1.165, 1.54) is 24.0 Å². The maximum atomic E-state index is 10.4. The van der Waals surface area contributed by atoms with Gasteiger partial charge in [0.15, 0.2) is 5.78 Å². The van der Waals surface area contributed by atoms with E-state index >= 15 is 0 Å². The maximum absolute atomic E-state index is 10.4. The van der Waals surface area contributed by atoms with Gasteiger partial charge in [0.2, 0.25) is 5.82 Å². The summed E-state index contributed by atoms with van der Waals surface area (Å²) in [6, 6.07) is 0. The normalized spacial score (nSPS) is 9.12. The summed E-state index contributed by atoms with van der Waals surface area (Å²) < 4.78 is 3.70. The molecule has 0 radical (unpaired) electrons. The van der Waals surface area contributed by atoms with Crippen LogP contribution >= 0.6 is 11.5 Å². The first-order chi connectivity index (χ1) is 3.80. The van der Waals surface area contributed by atoms with Crippen molar-refractivity contribution in [2.45, 2.75) is 6.92 Å². The topological polar surface area (TPSA) is 42.9 Å². The quantitative estimate of drug-likeness (QED) is 0.524. The number of aromatic nitrogens is 2. The van der Waals surface area contributed by atoms with Crippen LogP contribution in [0.1, 0.15) is 17.5 Å². The number of hydrogen-bond donors (Lipinski definition) is 0.